The minimum absolute atomic E-state index is 0.0816. The maximum Gasteiger partial charge on any atom is 0.0750 e. The zero-order valence-corrected chi connectivity index (χ0v) is 7.14. The van der Waals surface area contributed by atoms with Crippen LogP contribution in [0.15, 0.2) is 0 Å². The van der Waals surface area contributed by atoms with E-state index in [1.807, 2.05) is 20.8 Å². The van der Waals surface area contributed by atoms with E-state index in [1.54, 1.807) is 7.11 Å². The lowest BCUT2D eigenvalue weighted by atomic mass is 9.57. The summed E-state index contributed by atoms with van der Waals surface area (Å²) in [6, 6.07) is 0. The van der Waals surface area contributed by atoms with Gasteiger partial charge in [0.25, 0.3) is 0 Å². The summed E-state index contributed by atoms with van der Waals surface area (Å²) >= 11 is 0. The highest BCUT2D eigenvalue weighted by molar-refractivity contribution is 5.07. The fourth-order valence-electron chi connectivity index (χ4n) is 1.45. The summed E-state index contributed by atoms with van der Waals surface area (Å²) in [4.78, 5) is 0. The van der Waals surface area contributed by atoms with Crippen LogP contribution < -0.4 is 0 Å². The fourth-order valence-corrected chi connectivity index (χ4v) is 1.45. The van der Waals surface area contributed by atoms with Crippen molar-refractivity contribution >= 4 is 0 Å². The van der Waals surface area contributed by atoms with Crippen LogP contribution in [-0.4, -0.2) is 23.9 Å². The molecule has 0 amide bonds. The molecule has 0 spiro atoms. The third-order valence-electron chi connectivity index (χ3n) is 3.23. The van der Waals surface area contributed by atoms with Crippen molar-refractivity contribution in [3.8, 4) is 0 Å². The molecule has 0 aliphatic heterocycles. The van der Waals surface area contributed by atoms with E-state index in [2.05, 4.69) is 0 Å². The second kappa shape index (κ2) is 1.95. The van der Waals surface area contributed by atoms with Gasteiger partial charge in [0.2, 0.25) is 0 Å². The van der Waals surface area contributed by atoms with E-state index in [-0.39, 0.29) is 17.1 Å². The highest BCUT2D eigenvalue weighted by Crippen LogP contribution is 2.51. The molecule has 2 atom stereocenters. The van der Waals surface area contributed by atoms with Crippen molar-refractivity contribution in [1.29, 1.82) is 0 Å². The number of hydrogen-bond acceptors (Lipinski definition) is 2. The summed E-state index contributed by atoms with van der Waals surface area (Å²) in [7, 11) is 1.70. The van der Waals surface area contributed by atoms with Gasteiger partial charge in [-0.1, -0.05) is 13.8 Å². The maximum atomic E-state index is 9.36. The smallest absolute Gasteiger partial charge is 0.0750 e. The molecule has 1 saturated carbocycles. The first-order valence-electron chi connectivity index (χ1n) is 3.67. The molecular weight excluding hydrogens is 128 g/mol. The lowest BCUT2D eigenvalue weighted by molar-refractivity contribution is -0.229. The van der Waals surface area contributed by atoms with Crippen LogP contribution >= 0.6 is 0 Å². The first kappa shape index (κ1) is 8.02. The Kier molecular flexibility index (Phi) is 1.57. The van der Waals surface area contributed by atoms with E-state index >= 15 is 0 Å². The van der Waals surface area contributed by atoms with E-state index in [0.717, 1.165) is 6.42 Å². The number of aliphatic hydroxyl groups excluding tert-OH is 1. The molecule has 2 unspecified atom stereocenters. The monoisotopic (exact) mass is 144 g/mol. The fraction of sp³-hybridized carbons (Fsp3) is 1.00. The van der Waals surface area contributed by atoms with Crippen LogP contribution in [0.5, 0.6) is 0 Å². The van der Waals surface area contributed by atoms with Gasteiger partial charge < -0.3 is 9.84 Å². The van der Waals surface area contributed by atoms with E-state index in [9.17, 15) is 5.11 Å². The van der Waals surface area contributed by atoms with E-state index in [1.165, 1.54) is 0 Å². The van der Waals surface area contributed by atoms with Crippen molar-refractivity contribution in [3.63, 3.8) is 0 Å². The van der Waals surface area contributed by atoms with Gasteiger partial charge in [0.15, 0.2) is 0 Å². The van der Waals surface area contributed by atoms with Gasteiger partial charge in [-0.2, -0.15) is 0 Å². The van der Waals surface area contributed by atoms with Crippen molar-refractivity contribution in [2.75, 3.05) is 7.11 Å². The van der Waals surface area contributed by atoms with E-state index in [4.69, 9.17) is 4.74 Å². The molecule has 60 valence electrons. The summed E-state index contributed by atoms with van der Waals surface area (Å²) in [5.41, 5.74) is -0.200. The normalized spacial score (nSPS) is 44.7. The van der Waals surface area contributed by atoms with Crippen LogP contribution in [0.2, 0.25) is 0 Å². The Hall–Kier alpha value is -0.0800. The summed E-state index contributed by atoms with van der Waals surface area (Å²) in [6.45, 7) is 6.11. The molecule has 2 heteroatoms. The lowest BCUT2D eigenvalue weighted by Crippen LogP contribution is -2.63. The molecular formula is C8H16O2. The predicted molar refractivity (Wildman–Crippen MR) is 39.8 cm³/mol. The number of ether oxygens (including phenoxy) is 1. The van der Waals surface area contributed by atoms with Crippen molar-refractivity contribution in [2.45, 2.75) is 38.9 Å². The van der Waals surface area contributed by atoms with Crippen LogP contribution in [0, 0.1) is 5.41 Å². The maximum absolute atomic E-state index is 9.36. The van der Waals surface area contributed by atoms with Gasteiger partial charge in [0, 0.05) is 18.9 Å². The number of rotatable bonds is 1. The van der Waals surface area contributed by atoms with Crippen molar-refractivity contribution in [1.82, 2.24) is 0 Å². The van der Waals surface area contributed by atoms with Crippen molar-refractivity contribution in [2.24, 2.45) is 5.41 Å². The van der Waals surface area contributed by atoms with Gasteiger partial charge in [-0.05, 0) is 6.92 Å². The molecule has 0 radical (unpaired) electrons. The minimum atomic E-state index is -0.197. The molecule has 0 aromatic rings. The molecule has 1 fully saturated rings. The Balaban J connectivity index is 2.70. The third kappa shape index (κ3) is 0.722. The van der Waals surface area contributed by atoms with Crippen LogP contribution in [0.4, 0.5) is 0 Å². The number of methoxy groups -OCH3 is 1. The molecule has 2 nitrogen and oxygen atoms in total. The number of hydrogen-bond donors (Lipinski definition) is 1. The third-order valence-corrected chi connectivity index (χ3v) is 3.23. The molecule has 0 heterocycles. The SMILES string of the molecule is COC1(C)CC(O)C1(C)C. The quantitative estimate of drug-likeness (QED) is 0.599. The van der Waals surface area contributed by atoms with Gasteiger partial charge in [0.05, 0.1) is 11.7 Å². The Morgan fingerprint density at radius 3 is 2.00 bits per heavy atom. The van der Waals surface area contributed by atoms with Crippen LogP contribution in [0.1, 0.15) is 27.2 Å². The average Bonchev–Trinajstić information content (AvgIpc) is 1.88. The molecule has 1 N–H and O–H groups in total. The summed E-state index contributed by atoms with van der Waals surface area (Å²) < 4.78 is 5.30. The summed E-state index contributed by atoms with van der Waals surface area (Å²) in [5.74, 6) is 0. The second-order valence-corrected chi connectivity index (χ2v) is 3.88. The van der Waals surface area contributed by atoms with E-state index < -0.39 is 0 Å². The largest absolute Gasteiger partial charge is 0.392 e. The topological polar surface area (TPSA) is 29.5 Å². The van der Waals surface area contributed by atoms with Gasteiger partial charge >= 0.3 is 0 Å². The molecule has 0 bridgehead atoms. The van der Waals surface area contributed by atoms with E-state index in [0.29, 0.717) is 0 Å². The molecule has 1 aliphatic carbocycles. The molecule has 0 saturated heterocycles. The number of aliphatic hydroxyl groups is 1. The Labute approximate surface area is 62.2 Å². The van der Waals surface area contributed by atoms with Gasteiger partial charge in [-0.15, -0.1) is 0 Å². The predicted octanol–water partition coefficient (Wildman–Crippen LogP) is 1.18. The Morgan fingerprint density at radius 1 is 1.40 bits per heavy atom. The average molecular weight is 144 g/mol. The molecule has 1 rings (SSSR count). The standard InChI is InChI=1S/C8H16O2/c1-7(2)6(9)5-8(7,3)10-4/h6,9H,5H2,1-4H3. The minimum Gasteiger partial charge on any atom is -0.392 e. The second-order valence-electron chi connectivity index (χ2n) is 3.88. The summed E-state index contributed by atoms with van der Waals surface area (Å²) in [5, 5.41) is 9.36. The Bertz CT molecular complexity index is 139. The van der Waals surface area contributed by atoms with Crippen molar-refractivity contribution < 1.29 is 9.84 Å². The Morgan fingerprint density at radius 2 is 1.90 bits per heavy atom. The molecule has 10 heavy (non-hydrogen) atoms. The van der Waals surface area contributed by atoms with Gasteiger partial charge in [-0.3, -0.25) is 0 Å². The van der Waals surface area contributed by atoms with Crippen LogP contribution in [0.3, 0.4) is 0 Å². The van der Waals surface area contributed by atoms with Crippen LogP contribution in [-0.2, 0) is 4.74 Å². The van der Waals surface area contributed by atoms with Gasteiger partial charge in [0.1, 0.15) is 0 Å². The first-order chi connectivity index (χ1) is 4.44. The summed E-state index contributed by atoms with van der Waals surface area (Å²) in [6.07, 6.45) is 0.564. The molecule has 0 aromatic heterocycles. The molecule has 0 aromatic carbocycles. The zero-order valence-electron chi connectivity index (χ0n) is 7.14. The lowest BCUT2D eigenvalue weighted by Gasteiger charge is -2.56. The highest BCUT2D eigenvalue weighted by atomic mass is 16.5. The zero-order chi connectivity index (χ0) is 7.99. The van der Waals surface area contributed by atoms with Crippen LogP contribution in [0.25, 0.3) is 0 Å². The van der Waals surface area contributed by atoms with Gasteiger partial charge in [-0.25, -0.2) is 0 Å². The first-order valence-corrected chi connectivity index (χ1v) is 3.67. The molecule has 1 aliphatic rings. The van der Waals surface area contributed by atoms with Crippen molar-refractivity contribution in [3.05, 3.63) is 0 Å². The highest BCUT2D eigenvalue weighted by Gasteiger charge is 2.57.